The van der Waals surface area contributed by atoms with E-state index in [0.717, 1.165) is 19.3 Å². The number of methoxy groups -OCH3 is 1. The highest BCUT2D eigenvalue weighted by Gasteiger charge is 2.52. The molecule has 0 aromatic heterocycles. The molecule has 2 rings (SSSR count). The van der Waals surface area contributed by atoms with E-state index in [4.69, 9.17) is 28.4 Å². The van der Waals surface area contributed by atoms with Gasteiger partial charge in [0.2, 0.25) is 6.29 Å². The van der Waals surface area contributed by atoms with Crippen LogP contribution in [0.15, 0.2) is 12.3 Å². The van der Waals surface area contributed by atoms with Crippen molar-refractivity contribution in [1.82, 2.24) is 0 Å². The summed E-state index contributed by atoms with van der Waals surface area (Å²) in [5.41, 5.74) is 0. The van der Waals surface area contributed by atoms with Gasteiger partial charge in [0.15, 0.2) is 5.79 Å². The molecule has 1 N–H and O–H groups in total. The van der Waals surface area contributed by atoms with Crippen molar-refractivity contribution in [2.45, 2.75) is 115 Å². The van der Waals surface area contributed by atoms with E-state index in [9.17, 15) is 5.11 Å². The molecule has 0 aliphatic carbocycles. The molecule has 2 heterocycles. The number of aliphatic hydroxyl groups excluding tert-OH is 1. The number of rotatable bonds is 13. The molecule has 0 aromatic carbocycles. The molecule has 2 aliphatic rings. The van der Waals surface area contributed by atoms with Crippen LogP contribution in [0.3, 0.4) is 0 Å². The van der Waals surface area contributed by atoms with Crippen LogP contribution in [-0.2, 0) is 28.4 Å². The maximum Gasteiger partial charge on any atom is 0.228 e. The van der Waals surface area contributed by atoms with Gasteiger partial charge in [-0.3, -0.25) is 0 Å². The summed E-state index contributed by atoms with van der Waals surface area (Å²) in [5, 5.41) is 10.8. The first-order valence-electron chi connectivity index (χ1n) is 11.5. The van der Waals surface area contributed by atoms with Gasteiger partial charge in [0.05, 0.1) is 19.0 Å². The second kappa shape index (κ2) is 13.0. The zero-order valence-electron chi connectivity index (χ0n) is 19.4. The Morgan fingerprint density at radius 3 is 2.63 bits per heavy atom. The van der Waals surface area contributed by atoms with Crippen LogP contribution in [-0.4, -0.2) is 68.0 Å². The van der Waals surface area contributed by atoms with Crippen molar-refractivity contribution in [2.75, 3.05) is 20.3 Å². The number of hydrogen-bond donors (Lipinski definition) is 1. The van der Waals surface area contributed by atoms with E-state index in [-0.39, 0.29) is 12.2 Å². The van der Waals surface area contributed by atoms with Crippen LogP contribution in [0.4, 0.5) is 0 Å². The summed E-state index contributed by atoms with van der Waals surface area (Å²) in [5.74, 6) is -0.754. The molecule has 2 fully saturated rings. The summed E-state index contributed by atoms with van der Waals surface area (Å²) in [4.78, 5) is 0. The number of ether oxygens (including phenoxy) is 6. The van der Waals surface area contributed by atoms with E-state index in [1.54, 1.807) is 13.2 Å². The standard InChI is InChI=1S/C23H42O7/c1-6-8-9-10-11-12-17(25-5)13-15-26-21-19(24)22(27-14-7-2)29-18-16-28-23(3,4)30-20(18)21/h7,14,17-22,24H,6,8-13,15-16H2,1-5H3/b14-7+/t17-,18-,19-,20-,21-,22+/m1/s1. The van der Waals surface area contributed by atoms with Gasteiger partial charge in [0.25, 0.3) is 0 Å². The smallest absolute Gasteiger partial charge is 0.228 e. The van der Waals surface area contributed by atoms with E-state index in [1.165, 1.54) is 31.9 Å². The van der Waals surface area contributed by atoms with Crippen LogP contribution in [0.25, 0.3) is 0 Å². The Hall–Kier alpha value is -0.700. The van der Waals surface area contributed by atoms with Gasteiger partial charge in [-0.15, -0.1) is 0 Å². The molecule has 6 atom stereocenters. The molecule has 0 bridgehead atoms. The Morgan fingerprint density at radius 1 is 1.17 bits per heavy atom. The predicted molar refractivity (Wildman–Crippen MR) is 114 cm³/mol. The number of fused-ring (bicyclic) bond motifs is 1. The monoisotopic (exact) mass is 430 g/mol. The van der Waals surface area contributed by atoms with Gasteiger partial charge in [-0.25, -0.2) is 0 Å². The highest BCUT2D eigenvalue weighted by atomic mass is 16.8. The SMILES string of the molecule is C/C=C/O[C@H]1O[C@@H]2COC(C)(C)O[C@H]2[C@H](OCC[C@@H](CCCCCCC)OC)[C@H]1O. The molecule has 0 unspecified atom stereocenters. The van der Waals surface area contributed by atoms with Gasteiger partial charge < -0.3 is 33.5 Å². The van der Waals surface area contributed by atoms with Crippen LogP contribution in [0.5, 0.6) is 0 Å². The first-order valence-corrected chi connectivity index (χ1v) is 11.5. The molecular weight excluding hydrogens is 388 g/mol. The summed E-state index contributed by atoms with van der Waals surface area (Å²) < 4.78 is 35.0. The molecule has 2 aliphatic heterocycles. The minimum absolute atomic E-state index is 0.154. The normalized spacial score (nSPS) is 32.1. The van der Waals surface area contributed by atoms with E-state index >= 15 is 0 Å². The Labute approximate surface area is 182 Å². The molecule has 30 heavy (non-hydrogen) atoms. The summed E-state index contributed by atoms with van der Waals surface area (Å²) in [6, 6.07) is 0. The zero-order valence-corrected chi connectivity index (χ0v) is 19.4. The molecule has 2 saturated heterocycles. The van der Waals surface area contributed by atoms with Gasteiger partial charge in [-0.1, -0.05) is 45.1 Å². The Morgan fingerprint density at radius 2 is 1.93 bits per heavy atom. The number of aliphatic hydroxyl groups is 1. The summed E-state index contributed by atoms with van der Waals surface area (Å²) in [6.07, 6.45) is 8.30. The van der Waals surface area contributed by atoms with Crippen molar-refractivity contribution in [1.29, 1.82) is 0 Å². The Balaban J connectivity index is 1.90. The van der Waals surface area contributed by atoms with Crippen molar-refractivity contribution in [3.63, 3.8) is 0 Å². The lowest BCUT2D eigenvalue weighted by atomic mass is 9.97. The molecular formula is C23H42O7. The lowest BCUT2D eigenvalue weighted by Gasteiger charge is -2.49. The van der Waals surface area contributed by atoms with Crippen LogP contribution in [0, 0.1) is 0 Å². The Kier molecular flexibility index (Phi) is 11.1. The van der Waals surface area contributed by atoms with Crippen LogP contribution < -0.4 is 0 Å². The van der Waals surface area contributed by atoms with Crippen molar-refractivity contribution in [3.05, 3.63) is 12.3 Å². The molecule has 0 radical (unpaired) electrons. The average Bonchev–Trinajstić information content (AvgIpc) is 2.72. The number of allylic oxidation sites excluding steroid dienone is 1. The maximum absolute atomic E-state index is 10.8. The van der Waals surface area contributed by atoms with Crippen molar-refractivity contribution >= 4 is 0 Å². The number of unbranched alkanes of at least 4 members (excludes halogenated alkanes) is 4. The van der Waals surface area contributed by atoms with Crippen molar-refractivity contribution in [3.8, 4) is 0 Å². The third-order valence-electron chi connectivity index (χ3n) is 5.69. The first kappa shape index (κ1) is 25.6. The minimum Gasteiger partial charge on any atom is -0.470 e. The molecule has 0 amide bonds. The highest BCUT2D eigenvalue weighted by molar-refractivity contribution is 4.95. The highest BCUT2D eigenvalue weighted by Crippen LogP contribution is 2.34. The van der Waals surface area contributed by atoms with Gasteiger partial charge in [-0.2, -0.15) is 0 Å². The summed E-state index contributed by atoms with van der Waals surface area (Å²) in [7, 11) is 1.75. The van der Waals surface area contributed by atoms with Gasteiger partial charge in [0, 0.05) is 13.7 Å². The molecule has 0 spiro atoms. The average molecular weight is 431 g/mol. The molecule has 7 nitrogen and oxygen atoms in total. The molecule has 176 valence electrons. The fraction of sp³-hybridized carbons (Fsp3) is 0.913. The van der Waals surface area contributed by atoms with Gasteiger partial charge in [-0.05, 0) is 33.6 Å². The first-order chi connectivity index (χ1) is 14.4. The van der Waals surface area contributed by atoms with Crippen molar-refractivity contribution in [2.24, 2.45) is 0 Å². The van der Waals surface area contributed by atoms with Crippen LogP contribution >= 0.6 is 0 Å². The molecule has 7 heteroatoms. The summed E-state index contributed by atoms with van der Waals surface area (Å²) >= 11 is 0. The molecule has 0 aromatic rings. The second-order valence-electron chi connectivity index (χ2n) is 8.62. The van der Waals surface area contributed by atoms with Gasteiger partial charge in [0.1, 0.15) is 24.4 Å². The largest absolute Gasteiger partial charge is 0.470 e. The van der Waals surface area contributed by atoms with E-state index in [2.05, 4.69) is 6.92 Å². The number of hydrogen-bond acceptors (Lipinski definition) is 7. The van der Waals surface area contributed by atoms with Crippen LogP contribution in [0.1, 0.15) is 72.6 Å². The van der Waals surface area contributed by atoms with E-state index in [0.29, 0.717) is 13.2 Å². The third-order valence-corrected chi connectivity index (χ3v) is 5.69. The zero-order chi connectivity index (χ0) is 22.0. The predicted octanol–water partition coefficient (Wildman–Crippen LogP) is 3.92. The van der Waals surface area contributed by atoms with Crippen molar-refractivity contribution < 1.29 is 33.5 Å². The molecule has 0 saturated carbocycles. The lowest BCUT2D eigenvalue weighted by Crippen LogP contribution is -2.65. The fourth-order valence-electron chi connectivity index (χ4n) is 3.97. The van der Waals surface area contributed by atoms with E-state index in [1.807, 2.05) is 20.8 Å². The fourth-order valence-corrected chi connectivity index (χ4v) is 3.97. The minimum atomic E-state index is -0.966. The second-order valence-corrected chi connectivity index (χ2v) is 8.62. The van der Waals surface area contributed by atoms with Gasteiger partial charge >= 0.3 is 0 Å². The third kappa shape index (κ3) is 7.77. The maximum atomic E-state index is 10.8. The topological polar surface area (TPSA) is 75.6 Å². The van der Waals surface area contributed by atoms with Crippen LogP contribution in [0.2, 0.25) is 0 Å². The Bertz CT molecular complexity index is 496. The quantitative estimate of drug-likeness (QED) is 0.350. The summed E-state index contributed by atoms with van der Waals surface area (Å²) in [6.45, 7) is 8.61. The van der Waals surface area contributed by atoms with E-state index < -0.39 is 30.4 Å². The lowest BCUT2D eigenvalue weighted by molar-refractivity contribution is -0.381.